The van der Waals surface area contributed by atoms with Crippen LogP contribution in [0.15, 0.2) is 30.3 Å². The van der Waals surface area contributed by atoms with E-state index in [9.17, 15) is 0 Å². The molecule has 0 amide bonds. The lowest BCUT2D eigenvalue weighted by Crippen LogP contribution is -2.02. The van der Waals surface area contributed by atoms with Gasteiger partial charge in [0.1, 0.15) is 11.6 Å². The zero-order chi connectivity index (χ0) is 11.5. The first kappa shape index (κ1) is 10.9. The topological polar surface area (TPSA) is 89.8 Å². The Bertz CT molecular complexity index is 477. The molecule has 82 valence electrons. The number of hydrogen-bond acceptors (Lipinski definition) is 5. The highest BCUT2D eigenvalue weighted by Gasteiger charge is 2.00. The highest BCUT2D eigenvalue weighted by molar-refractivity contribution is 14.1. The largest absolute Gasteiger partial charge is 0.383 e. The normalized spacial score (nSPS) is 10.1. The molecule has 1 aromatic carbocycles. The van der Waals surface area contributed by atoms with E-state index in [1.165, 1.54) is 3.57 Å². The second-order valence-corrected chi connectivity index (χ2v) is 4.41. The van der Waals surface area contributed by atoms with Gasteiger partial charge in [0, 0.05) is 15.3 Å². The smallest absolute Gasteiger partial charge is 0.223 e. The standard InChI is InChI=1S/C10H10IN5/c11-6-1-3-7(4-2-6)14-9-5-8(12)15-10(13)16-9/h1-5H,(H5,12,13,14,15,16). The van der Waals surface area contributed by atoms with Gasteiger partial charge in [0.25, 0.3) is 0 Å². The van der Waals surface area contributed by atoms with Crippen molar-refractivity contribution >= 4 is 45.9 Å². The maximum absolute atomic E-state index is 5.56. The number of hydrogen-bond donors (Lipinski definition) is 3. The first-order chi connectivity index (χ1) is 7.63. The van der Waals surface area contributed by atoms with Gasteiger partial charge in [0.2, 0.25) is 5.95 Å². The van der Waals surface area contributed by atoms with Crippen LogP contribution in [-0.4, -0.2) is 9.97 Å². The lowest BCUT2D eigenvalue weighted by molar-refractivity contribution is 1.19. The summed E-state index contributed by atoms with van der Waals surface area (Å²) in [5, 5.41) is 3.10. The van der Waals surface area contributed by atoms with Gasteiger partial charge in [-0.05, 0) is 46.9 Å². The fourth-order valence-corrected chi connectivity index (χ4v) is 1.59. The van der Waals surface area contributed by atoms with Crippen LogP contribution in [0.3, 0.4) is 0 Å². The second kappa shape index (κ2) is 4.52. The van der Waals surface area contributed by atoms with Crippen molar-refractivity contribution in [2.45, 2.75) is 0 Å². The summed E-state index contributed by atoms with van der Waals surface area (Å²) in [5.41, 5.74) is 12.0. The SMILES string of the molecule is Nc1cc(Nc2ccc(I)cc2)nc(N)n1. The van der Waals surface area contributed by atoms with Crippen LogP contribution in [-0.2, 0) is 0 Å². The summed E-state index contributed by atoms with van der Waals surface area (Å²) in [6.45, 7) is 0. The summed E-state index contributed by atoms with van der Waals surface area (Å²) in [4.78, 5) is 7.82. The monoisotopic (exact) mass is 327 g/mol. The van der Waals surface area contributed by atoms with Crippen molar-refractivity contribution in [2.24, 2.45) is 0 Å². The molecule has 6 heteroatoms. The molecule has 0 spiro atoms. The van der Waals surface area contributed by atoms with Crippen LogP contribution < -0.4 is 16.8 Å². The number of nitrogen functional groups attached to an aromatic ring is 2. The van der Waals surface area contributed by atoms with Crippen LogP contribution >= 0.6 is 22.6 Å². The van der Waals surface area contributed by atoms with Crippen molar-refractivity contribution in [1.29, 1.82) is 0 Å². The maximum atomic E-state index is 5.56. The molecule has 0 atom stereocenters. The summed E-state index contributed by atoms with van der Waals surface area (Å²) in [7, 11) is 0. The number of aromatic nitrogens is 2. The van der Waals surface area contributed by atoms with Crippen LogP contribution in [0.1, 0.15) is 0 Å². The molecule has 0 unspecified atom stereocenters. The lowest BCUT2D eigenvalue weighted by atomic mass is 10.3. The van der Waals surface area contributed by atoms with Gasteiger partial charge in [-0.2, -0.15) is 9.97 Å². The summed E-state index contributed by atoms with van der Waals surface area (Å²) in [6.07, 6.45) is 0. The van der Waals surface area contributed by atoms with Crippen molar-refractivity contribution in [1.82, 2.24) is 9.97 Å². The van der Waals surface area contributed by atoms with E-state index in [4.69, 9.17) is 11.5 Å². The van der Waals surface area contributed by atoms with Gasteiger partial charge < -0.3 is 16.8 Å². The molecule has 0 radical (unpaired) electrons. The zero-order valence-corrected chi connectivity index (χ0v) is 10.5. The Morgan fingerprint density at radius 1 is 1.06 bits per heavy atom. The molecule has 0 aliphatic rings. The van der Waals surface area contributed by atoms with E-state index >= 15 is 0 Å². The fourth-order valence-electron chi connectivity index (χ4n) is 1.23. The Morgan fingerprint density at radius 3 is 2.38 bits per heavy atom. The first-order valence-electron chi connectivity index (χ1n) is 4.56. The molecule has 0 aliphatic heterocycles. The van der Waals surface area contributed by atoms with E-state index in [2.05, 4.69) is 37.9 Å². The summed E-state index contributed by atoms with van der Waals surface area (Å²) in [6, 6.07) is 9.54. The van der Waals surface area contributed by atoms with Crippen molar-refractivity contribution in [3.63, 3.8) is 0 Å². The van der Waals surface area contributed by atoms with Gasteiger partial charge in [0.05, 0.1) is 0 Å². The molecule has 1 aromatic heterocycles. The maximum Gasteiger partial charge on any atom is 0.223 e. The molecule has 0 bridgehead atoms. The van der Waals surface area contributed by atoms with Crippen molar-refractivity contribution in [2.75, 3.05) is 16.8 Å². The average molecular weight is 327 g/mol. The van der Waals surface area contributed by atoms with Gasteiger partial charge >= 0.3 is 0 Å². The predicted molar refractivity (Wildman–Crippen MR) is 73.3 cm³/mol. The van der Waals surface area contributed by atoms with Crippen molar-refractivity contribution < 1.29 is 0 Å². The summed E-state index contributed by atoms with van der Waals surface area (Å²) in [5.74, 6) is 1.10. The Morgan fingerprint density at radius 2 is 1.75 bits per heavy atom. The fraction of sp³-hybridized carbons (Fsp3) is 0. The molecule has 1 heterocycles. The number of nitrogens with two attached hydrogens (primary N) is 2. The number of rotatable bonds is 2. The number of nitrogens with one attached hydrogen (secondary N) is 1. The minimum Gasteiger partial charge on any atom is -0.383 e. The Labute approximate surface area is 106 Å². The number of anilines is 4. The minimum atomic E-state index is 0.160. The highest BCUT2D eigenvalue weighted by Crippen LogP contribution is 2.17. The van der Waals surface area contributed by atoms with Gasteiger partial charge in [-0.25, -0.2) is 0 Å². The summed E-state index contributed by atoms with van der Waals surface area (Å²) < 4.78 is 1.17. The average Bonchev–Trinajstić information content (AvgIpc) is 2.20. The van der Waals surface area contributed by atoms with Crippen LogP contribution in [0.5, 0.6) is 0 Å². The molecule has 5 nitrogen and oxygen atoms in total. The molecule has 0 saturated carbocycles. The van der Waals surface area contributed by atoms with E-state index in [1.807, 2.05) is 24.3 Å². The molecule has 16 heavy (non-hydrogen) atoms. The van der Waals surface area contributed by atoms with Gasteiger partial charge in [-0.1, -0.05) is 0 Å². The van der Waals surface area contributed by atoms with E-state index < -0.39 is 0 Å². The molecule has 0 fully saturated rings. The summed E-state index contributed by atoms with van der Waals surface area (Å²) >= 11 is 2.24. The Hall–Kier alpha value is -1.57. The molecule has 2 aromatic rings. The third kappa shape index (κ3) is 2.72. The van der Waals surface area contributed by atoms with E-state index in [0.717, 1.165) is 5.69 Å². The zero-order valence-electron chi connectivity index (χ0n) is 8.31. The lowest BCUT2D eigenvalue weighted by Gasteiger charge is -2.06. The number of nitrogens with zero attached hydrogens (tertiary/aromatic N) is 2. The van der Waals surface area contributed by atoms with E-state index in [0.29, 0.717) is 11.6 Å². The van der Waals surface area contributed by atoms with Crippen molar-refractivity contribution in [3.8, 4) is 0 Å². The van der Waals surface area contributed by atoms with Crippen LogP contribution in [0.4, 0.5) is 23.3 Å². The van der Waals surface area contributed by atoms with Crippen LogP contribution in [0.25, 0.3) is 0 Å². The van der Waals surface area contributed by atoms with Crippen LogP contribution in [0, 0.1) is 3.57 Å². The third-order valence-electron chi connectivity index (χ3n) is 1.88. The Kier molecular flexibility index (Phi) is 3.09. The minimum absolute atomic E-state index is 0.160. The molecule has 5 N–H and O–H groups in total. The van der Waals surface area contributed by atoms with E-state index in [-0.39, 0.29) is 5.95 Å². The molecule has 0 saturated heterocycles. The van der Waals surface area contributed by atoms with Gasteiger partial charge in [-0.3, -0.25) is 0 Å². The third-order valence-corrected chi connectivity index (χ3v) is 2.60. The number of halogens is 1. The quantitative estimate of drug-likeness (QED) is 0.734. The molecular weight excluding hydrogens is 317 g/mol. The van der Waals surface area contributed by atoms with Gasteiger partial charge in [-0.15, -0.1) is 0 Å². The van der Waals surface area contributed by atoms with Crippen LogP contribution in [0.2, 0.25) is 0 Å². The second-order valence-electron chi connectivity index (χ2n) is 3.17. The molecule has 2 rings (SSSR count). The predicted octanol–water partition coefficient (Wildman–Crippen LogP) is 1.99. The van der Waals surface area contributed by atoms with Gasteiger partial charge in [0.15, 0.2) is 0 Å². The molecular formula is C10H10IN5. The molecule has 0 aliphatic carbocycles. The first-order valence-corrected chi connectivity index (χ1v) is 5.64. The Balaban J connectivity index is 2.23. The number of benzene rings is 1. The highest BCUT2D eigenvalue weighted by atomic mass is 127. The van der Waals surface area contributed by atoms with E-state index in [1.54, 1.807) is 6.07 Å². The van der Waals surface area contributed by atoms with Crippen molar-refractivity contribution in [3.05, 3.63) is 33.9 Å².